The van der Waals surface area contributed by atoms with E-state index in [4.69, 9.17) is 10.5 Å². The van der Waals surface area contributed by atoms with Crippen LogP contribution in [-0.4, -0.2) is 23.1 Å². The lowest BCUT2D eigenvalue weighted by molar-refractivity contribution is 0.354. The van der Waals surface area contributed by atoms with Gasteiger partial charge in [-0.15, -0.1) is 0 Å². The standard InChI is InChI=1S/C11H14BrNO2S/c12-10-5-8-1-3-15-11(8)9(6-10)7-16(14)4-2-13/h5-6H,1-4,7,13H2. The number of hydrogen-bond acceptors (Lipinski definition) is 3. The molecule has 1 atom stereocenters. The number of fused-ring (bicyclic) bond motifs is 1. The van der Waals surface area contributed by atoms with Crippen LogP contribution >= 0.6 is 15.9 Å². The molecule has 1 unspecified atom stereocenters. The quantitative estimate of drug-likeness (QED) is 0.919. The number of hydrogen-bond donors (Lipinski definition) is 1. The van der Waals surface area contributed by atoms with Gasteiger partial charge in [0.1, 0.15) is 5.75 Å². The van der Waals surface area contributed by atoms with Crippen LogP contribution < -0.4 is 10.5 Å². The predicted octanol–water partition coefficient (Wildman–Crippen LogP) is 1.59. The molecule has 0 spiro atoms. The van der Waals surface area contributed by atoms with Crippen molar-refractivity contribution in [1.29, 1.82) is 0 Å². The third kappa shape index (κ3) is 2.64. The van der Waals surface area contributed by atoms with Gasteiger partial charge in [-0.3, -0.25) is 4.21 Å². The van der Waals surface area contributed by atoms with Gasteiger partial charge in [0.15, 0.2) is 0 Å². The van der Waals surface area contributed by atoms with Gasteiger partial charge in [0.25, 0.3) is 0 Å². The summed E-state index contributed by atoms with van der Waals surface area (Å²) in [5.41, 5.74) is 7.62. The SMILES string of the molecule is NCCS(=O)Cc1cc(Br)cc2c1OCC2. The van der Waals surface area contributed by atoms with E-state index in [2.05, 4.69) is 22.0 Å². The minimum Gasteiger partial charge on any atom is -0.493 e. The summed E-state index contributed by atoms with van der Waals surface area (Å²) < 4.78 is 18.3. The zero-order chi connectivity index (χ0) is 11.5. The fraction of sp³-hybridized carbons (Fsp3) is 0.455. The van der Waals surface area contributed by atoms with Gasteiger partial charge < -0.3 is 10.5 Å². The van der Waals surface area contributed by atoms with Crippen LogP contribution in [0.4, 0.5) is 0 Å². The highest BCUT2D eigenvalue weighted by Crippen LogP contribution is 2.33. The van der Waals surface area contributed by atoms with Crippen molar-refractivity contribution in [2.75, 3.05) is 18.9 Å². The van der Waals surface area contributed by atoms with Crippen LogP contribution in [0.25, 0.3) is 0 Å². The normalized spacial score (nSPS) is 15.6. The molecule has 16 heavy (non-hydrogen) atoms. The highest BCUT2D eigenvalue weighted by Gasteiger charge is 2.18. The molecule has 0 fully saturated rings. The van der Waals surface area contributed by atoms with E-state index in [-0.39, 0.29) is 0 Å². The number of ether oxygens (including phenoxy) is 1. The summed E-state index contributed by atoms with van der Waals surface area (Å²) in [6, 6.07) is 4.05. The van der Waals surface area contributed by atoms with Crippen LogP contribution in [-0.2, 0) is 23.0 Å². The second-order valence-electron chi connectivity index (χ2n) is 3.73. The van der Waals surface area contributed by atoms with Crippen molar-refractivity contribution in [1.82, 2.24) is 0 Å². The monoisotopic (exact) mass is 303 g/mol. The van der Waals surface area contributed by atoms with E-state index in [0.29, 0.717) is 18.1 Å². The van der Waals surface area contributed by atoms with Crippen LogP contribution in [0.1, 0.15) is 11.1 Å². The number of rotatable bonds is 4. The predicted molar refractivity (Wildman–Crippen MR) is 69.1 cm³/mol. The van der Waals surface area contributed by atoms with Gasteiger partial charge in [0.05, 0.1) is 12.4 Å². The first kappa shape index (κ1) is 12.1. The smallest absolute Gasteiger partial charge is 0.126 e. The van der Waals surface area contributed by atoms with E-state index in [9.17, 15) is 4.21 Å². The van der Waals surface area contributed by atoms with E-state index in [1.165, 1.54) is 5.56 Å². The molecule has 0 saturated heterocycles. The van der Waals surface area contributed by atoms with Gasteiger partial charge in [0.2, 0.25) is 0 Å². The Labute approximate surface area is 106 Å². The van der Waals surface area contributed by atoms with Crippen molar-refractivity contribution in [3.63, 3.8) is 0 Å². The summed E-state index contributed by atoms with van der Waals surface area (Å²) in [6.07, 6.45) is 0.936. The van der Waals surface area contributed by atoms with Crippen molar-refractivity contribution >= 4 is 26.7 Å². The van der Waals surface area contributed by atoms with Gasteiger partial charge in [0, 0.05) is 39.6 Å². The molecule has 0 aromatic heterocycles. The fourth-order valence-electron chi connectivity index (χ4n) is 1.83. The second kappa shape index (κ2) is 5.29. The molecular weight excluding hydrogens is 290 g/mol. The van der Waals surface area contributed by atoms with E-state index in [1.807, 2.05) is 6.07 Å². The maximum absolute atomic E-state index is 11.7. The van der Waals surface area contributed by atoms with Crippen LogP contribution in [0.2, 0.25) is 0 Å². The maximum atomic E-state index is 11.7. The molecule has 1 heterocycles. The third-order valence-corrected chi connectivity index (χ3v) is 4.27. The highest BCUT2D eigenvalue weighted by atomic mass is 79.9. The summed E-state index contributed by atoms with van der Waals surface area (Å²) >= 11 is 3.47. The van der Waals surface area contributed by atoms with Crippen LogP contribution in [0.5, 0.6) is 5.75 Å². The van der Waals surface area contributed by atoms with Crippen molar-refractivity contribution in [2.45, 2.75) is 12.2 Å². The summed E-state index contributed by atoms with van der Waals surface area (Å²) in [4.78, 5) is 0. The Morgan fingerprint density at radius 3 is 3.06 bits per heavy atom. The molecule has 1 aromatic rings. The number of nitrogens with two attached hydrogens (primary N) is 1. The van der Waals surface area contributed by atoms with Gasteiger partial charge in [-0.25, -0.2) is 0 Å². The Morgan fingerprint density at radius 2 is 2.31 bits per heavy atom. The first-order valence-corrected chi connectivity index (χ1v) is 7.48. The molecule has 88 valence electrons. The average Bonchev–Trinajstić information content (AvgIpc) is 2.65. The molecule has 0 radical (unpaired) electrons. The van der Waals surface area contributed by atoms with Crippen LogP contribution in [0.3, 0.4) is 0 Å². The average molecular weight is 304 g/mol. The molecule has 1 aliphatic rings. The van der Waals surface area contributed by atoms with Gasteiger partial charge in [-0.2, -0.15) is 0 Å². The Morgan fingerprint density at radius 1 is 1.50 bits per heavy atom. The zero-order valence-corrected chi connectivity index (χ0v) is 11.3. The lowest BCUT2D eigenvalue weighted by Crippen LogP contribution is -2.12. The molecule has 3 nitrogen and oxygen atoms in total. The first-order valence-electron chi connectivity index (χ1n) is 5.20. The Balaban J connectivity index is 2.23. The van der Waals surface area contributed by atoms with Gasteiger partial charge in [-0.1, -0.05) is 15.9 Å². The molecule has 2 rings (SSSR count). The molecule has 0 saturated carbocycles. The van der Waals surface area contributed by atoms with Crippen LogP contribution in [0, 0.1) is 0 Å². The fourth-order valence-corrected chi connectivity index (χ4v) is 3.35. The maximum Gasteiger partial charge on any atom is 0.126 e. The molecule has 1 aliphatic heterocycles. The topological polar surface area (TPSA) is 52.3 Å². The zero-order valence-electron chi connectivity index (χ0n) is 8.87. The molecule has 0 bridgehead atoms. The van der Waals surface area contributed by atoms with Crippen molar-refractivity contribution in [3.8, 4) is 5.75 Å². The molecule has 2 N–H and O–H groups in total. The largest absolute Gasteiger partial charge is 0.493 e. The lowest BCUT2D eigenvalue weighted by atomic mass is 10.1. The molecule has 5 heteroatoms. The first-order chi connectivity index (χ1) is 7.70. The Bertz CT molecular complexity index is 423. The summed E-state index contributed by atoms with van der Waals surface area (Å²) in [7, 11) is -0.898. The van der Waals surface area contributed by atoms with E-state index in [1.54, 1.807) is 0 Å². The van der Waals surface area contributed by atoms with Crippen molar-refractivity contribution < 1.29 is 8.95 Å². The molecular formula is C11H14BrNO2S. The van der Waals surface area contributed by atoms with Crippen molar-refractivity contribution in [2.24, 2.45) is 5.73 Å². The highest BCUT2D eigenvalue weighted by molar-refractivity contribution is 9.10. The van der Waals surface area contributed by atoms with E-state index in [0.717, 1.165) is 28.8 Å². The molecule has 0 amide bonds. The van der Waals surface area contributed by atoms with Gasteiger partial charge >= 0.3 is 0 Å². The lowest BCUT2D eigenvalue weighted by Gasteiger charge is -2.08. The van der Waals surface area contributed by atoms with E-state index < -0.39 is 10.8 Å². The van der Waals surface area contributed by atoms with Gasteiger partial charge in [-0.05, 0) is 17.7 Å². The minimum atomic E-state index is -0.898. The van der Waals surface area contributed by atoms with Crippen molar-refractivity contribution in [3.05, 3.63) is 27.7 Å². The van der Waals surface area contributed by atoms with E-state index >= 15 is 0 Å². The Kier molecular flexibility index (Phi) is 4.00. The number of benzene rings is 1. The summed E-state index contributed by atoms with van der Waals surface area (Å²) in [5.74, 6) is 1.99. The molecule has 1 aromatic carbocycles. The van der Waals surface area contributed by atoms with Crippen LogP contribution in [0.15, 0.2) is 16.6 Å². The molecule has 0 aliphatic carbocycles. The minimum absolute atomic E-state index is 0.462. The summed E-state index contributed by atoms with van der Waals surface area (Å²) in [6.45, 7) is 1.19. The second-order valence-corrected chi connectivity index (χ2v) is 6.22. The Hall–Kier alpha value is -0.390. The third-order valence-electron chi connectivity index (χ3n) is 2.49. The summed E-state index contributed by atoms with van der Waals surface area (Å²) in [5, 5.41) is 0. The number of halogens is 1.